The molecular formula is C24H25ClN4O4. The van der Waals surface area contributed by atoms with Gasteiger partial charge in [-0.25, -0.2) is 9.59 Å². The number of carboxylic acid groups (broad SMARTS) is 1. The number of H-pyrrole nitrogens is 1. The predicted octanol–water partition coefficient (Wildman–Crippen LogP) is 3.29. The Kier molecular flexibility index (Phi) is 5.52. The van der Waals surface area contributed by atoms with E-state index in [0.717, 1.165) is 22.0 Å². The summed E-state index contributed by atoms with van der Waals surface area (Å²) in [5, 5.41) is 25.9. The van der Waals surface area contributed by atoms with Crippen molar-refractivity contribution in [3.8, 4) is 0 Å². The quantitative estimate of drug-likeness (QED) is 0.347. The van der Waals surface area contributed by atoms with Crippen molar-refractivity contribution in [1.82, 2.24) is 19.4 Å². The van der Waals surface area contributed by atoms with Gasteiger partial charge >= 0.3 is 11.7 Å². The molecule has 9 heteroatoms. The van der Waals surface area contributed by atoms with E-state index < -0.39 is 12.1 Å². The van der Waals surface area contributed by atoms with Gasteiger partial charge in [0.2, 0.25) is 0 Å². The number of nitrogens with zero attached hydrogens (tertiary/aromatic N) is 2. The number of para-hydroxylation sites is 1. The van der Waals surface area contributed by atoms with Crippen LogP contribution in [0.2, 0.25) is 5.02 Å². The van der Waals surface area contributed by atoms with Crippen LogP contribution in [0, 0.1) is 0 Å². The minimum atomic E-state index is -0.973. The van der Waals surface area contributed by atoms with Gasteiger partial charge in [-0.15, -0.1) is 0 Å². The van der Waals surface area contributed by atoms with Crippen LogP contribution in [0.4, 0.5) is 0 Å². The molecule has 3 heterocycles. The molecule has 0 aliphatic carbocycles. The summed E-state index contributed by atoms with van der Waals surface area (Å²) >= 11 is 6.17. The fourth-order valence-corrected chi connectivity index (χ4v) is 5.33. The minimum absolute atomic E-state index is 0.178. The molecule has 0 bridgehead atoms. The van der Waals surface area contributed by atoms with Crippen molar-refractivity contribution in [3.63, 3.8) is 0 Å². The van der Waals surface area contributed by atoms with Gasteiger partial charge < -0.3 is 25.1 Å². The number of nitrogens with one attached hydrogen (secondary N) is 2. The number of hydrogen-bond acceptors (Lipinski definition) is 4. The zero-order valence-electron chi connectivity index (χ0n) is 18.1. The summed E-state index contributed by atoms with van der Waals surface area (Å²) < 4.78 is 3.45. The van der Waals surface area contributed by atoms with E-state index in [-0.39, 0.29) is 17.4 Å². The third kappa shape index (κ3) is 3.55. The summed E-state index contributed by atoms with van der Waals surface area (Å²) in [4.78, 5) is 27.3. The van der Waals surface area contributed by atoms with Crippen LogP contribution in [0.15, 0.2) is 41.2 Å². The highest BCUT2D eigenvalue weighted by Gasteiger charge is 2.28. The molecule has 1 aliphatic rings. The van der Waals surface area contributed by atoms with E-state index >= 15 is 0 Å². The Bertz CT molecular complexity index is 1430. The van der Waals surface area contributed by atoms with E-state index in [0.29, 0.717) is 48.6 Å². The number of carboxylic acids is 1. The van der Waals surface area contributed by atoms with Gasteiger partial charge in [0.1, 0.15) is 5.69 Å². The van der Waals surface area contributed by atoms with Crippen LogP contribution in [0.25, 0.3) is 21.9 Å². The summed E-state index contributed by atoms with van der Waals surface area (Å²) in [5.41, 5.74) is 3.82. The standard InChI is InChI=1S/C24H25ClN4O4/c1-2-28-19-12-13(25)6-7-14(19)15(21(28)23(31)32)8-10-26-18-9-11-29-20-16(22(18)30)4-3-5-17(20)27-24(29)33/h3-7,12,18,22,26,30H,2,8-11H2,1H3,(H,27,33)(H,31,32). The Balaban J connectivity index is 1.42. The molecule has 33 heavy (non-hydrogen) atoms. The molecule has 0 saturated heterocycles. The Morgan fingerprint density at radius 2 is 2.12 bits per heavy atom. The summed E-state index contributed by atoms with van der Waals surface area (Å²) in [7, 11) is 0. The molecule has 2 aromatic heterocycles. The minimum Gasteiger partial charge on any atom is -0.477 e. The molecule has 4 N–H and O–H groups in total. The van der Waals surface area contributed by atoms with E-state index in [9.17, 15) is 19.8 Å². The molecular weight excluding hydrogens is 444 g/mol. The SMILES string of the molecule is CCn1c(C(=O)O)c(CCNC2CCn3c(=O)[nH]c4cccc(c43)C2O)c2ccc(Cl)cc21. The van der Waals surface area contributed by atoms with Crippen LogP contribution >= 0.6 is 11.6 Å². The lowest BCUT2D eigenvalue weighted by molar-refractivity contribution is 0.0684. The molecule has 4 aromatic rings. The van der Waals surface area contributed by atoms with E-state index in [1.54, 1.807) is 21.3 Å². The largest absolute Gasteiger partial charge is 0.477 e. The van der Waals surface area contributed by atoms with Crippen LogP contribution in [0.1, 0.15) is 41.1 Å². The highest BCUT2D eigenvalue weighted by atomic mass is 35.5. The summed E-state index contributed by atoms with van der Waals surface area (Å²) in [6, 6.07) is 10.7. The van der Waals surface area contributed by atoms with Crippen molar-refractivity contribution in [2.24, 2.45) is 0 Å². The number of benzene rings is 2. The number of halogens is 1. The van der Waals surface area contributed by atoms with Crippen molar-refractivity contribution >= 4 is 39.5 Å². The average molecular weight is 469 g/mol. The monoisotopic (exact) mass is 468 g/mol. The lowest BCUT2D eigenvalue weighted by Crippen LogP contribution is -2.36. The Morgan fingerprint density at radius 3 is 2.88 bits per heavy atom. The topological polar surface area (TPSA) is 112 Å². The third-order valence-electron chi connectivity index (χ3n) is 6.62. The van der Waals surface area contributed by atoms with Crippen LogP contribution in [-0.4, -0.2) is 42.9 Å². The Hall–Kier alpha value is -3.07. The second-order valence-electron chi connectivity index (χ2n) is 8.41. The number of aliphatic hydroxyl groups is 1. The smallest absolute Gasteiger partial charge is 0.352 e. The maximum atomic E-state index is 12.3. The molecule has 1 aliphatic heterocycles. The summed E-state index contributed by atoms with van der Waals surface area (Å²) in [5.74, 6) is -0.973. The number of imidazole rings is 1. The fourth-order valence-electron chi connectivity index (χ4n) is 5.16. The number of aromatic carboxylic acids is 1. The first-order valence-corrected chi connectivity index (χ1v) is 11.4. The molecule has 0 radical (unpaired) electrons. The molecule has 0 saturated carbocycles. The van der Waals surface area contributed by atoms with Crippen molar-refractivity contribution < 1.29 is 15.0 Å². The first kappa shape index (κ1) is 21.8. The van der Waals surface area contributed by atoms with Crippen molar-refractivity contribution in [3.05, 3.63) is 68.7 Å². The number of aryl methyl sites for hydroxylation is 2. The first-order chi connectivity index (χ1) is 15.9. The number of fused-ring (bicyclic) bond motifs is 1. The number of rotatable bonds is 6. The van der Waals surface area contributed by atoms with Gasteiger partial charge in [0.15, 0.2) is 0 Å². The molecule has 0 fully saturated rings. The molecule has 172 valence electrons. The third-order valence-corrected chi connectivity index (χ3v) is 6.85. The molecule has 0 spiro atoms. The zero-order chi connectivity index (χ0) is 23.3. The zero-order valence-corrected chi connectivity index (χ0v) is 18.9. The fraction of sp³-hybridized carbons (Fsp3) is 0.333. The molecule has 0 amide bonds. The van der Waals surface area contributed by atoms with Gasteiger partial charge in [-0.05, 0) is 50.1 Å². The lowest BCUT2D eigenvalue weighted by atomic mass is 9.99. The molecule has 8 nitrogen and oxygen atoms in total. The molecule has 5 rings (SSSR count). The van der Waals surface area contributed by atoms with Gasteiger partial charge in [0.05, 0.1) is 22.7 Å². The van der Waals surface area contributed by atoms with Gasteiger partial charge in [0.25, 0.3) is 0 Å². The van der Waals surface area contributed by atoms with Gasteiger partial charge in [0, 0.05) is 35.1 Å². The van der Waals surface area contributed by atoms with Gasteiger partial charge in [-0.1, -0.05) is 29.8 Å². The number of aliphatic hydroxyl groups excluding tert-OH is 1. The maximum absolute atomic E-state index is 12.3. The number of hydrogen-bond donors (Lipinski definition) is 4. The van der Waals surface area contributed by atoms with E-state index in [1.807, 2.05) is 31.2 Å². The van der Waals surface area contributed by atoms with Crippen molar-refractivity contribution in [2.75, 3.05) is 6.54 Å². The van der Waals surface area contributed by atoms with E-state index in [2.05, 4.69) is 10.3 Å². The van der Waals surface area contributed by atoms with Crippen LogP contribution in [-0.2, 0) is 19.5 Å². The van der Waals surface area contributed by atoms with Crippen LogP contribution in [0.5, 0.6) is 0 Å². The summed E-state index contributed by atoms with van der Waals surface area (Å²) in [6.45, 7) is 3.39. The molecule has 2 unspecified atom stereocenters. The normalized spacial score (nSPS) is 18.2. The molecule has 2 atom stereocenters. The second kappa shape index (κ2) is 8.37. The van der Waals surface area contributed by atoms with Crippen molar-refractivity contribution in [1.29, 1.82) is 0 Å². The lowest BCUT2D eigenvalue weighted by Gasteiger charge is -2.23. The van der Waals surface area contributed by atoms with Gasteiger partial charge in [-0.2, -0.15) is 0 Å². The highest BCUT2D eigenvalue weighted by Crippen LogP contribution is 2.31. The Morgan fingerprint density at radius 1 is 1.30 bits per heavy atom. The first-order valence-electron chi connectivity index (χ1n) is 11.1. The van der Waals surface area contributed by atoms with Crippen molar-refractivity contribution in [2.45, 2.75) is 45.0 Å². The predicted molar refractivity (Wildman–Crippen MR) is 127 cm³/mol. The molecule has 2 aromatic carbocycles. The second-order valence-corrected chi connectivity index (χ2v) is 8.84. The van der Waals surface area contributed by atoms with Crippen LogP contribution in [0.3, 0.4) is 0 Å². The van der Waals surface area contributed by atoms with Gasteiger partial charge in [-0.3, -0.25) is 4.57 Å². The van der Waals surface area contributed by atoms with E-state index in [4.69, 9.17) is 11.6 Å². The number of aromatic nitrogens is 3. The average Bonchev–Trinajstić information content (AvgIpc) is 3.23. The summed E-state index contributed by atoms with van der Waals surface area (Å²) in [6.07, 6.45) is 0.265. The van der Waals surface area contributed by atoms with Crippen LogP contribution < -0.4 is 11.0 Å². The Labute approximate surface area is 194 Å². The maximum Gasteiger partial charge on any atom is 0.352 e. The number of carbonyl (C=O) groups is 1. The number of aromatic amines is 1. The van der Waals surface area contributed by atoms with E-state index in [1.165, 1.54) is 0 Å². The highest BCUT2D eigenvalue weighted by molar-refractivity contribution is 6.31.